The average Bonchev–Trinajstić information content (AvgIpc) is 3.44. The normalized spacial score (nSPS) is 16.4. The van der Waals surface area contributed by atoms with Gasteiger partial charge in [-0.25, -0.2) is 13.8 Å². The van der Waals surface area contributed by atoms with Crippen molar-refractivity contribution in [3.05, 3.63) is 65.3 Å². The Kier molecular flexibility index (Phi) is 5.46. The van der Waals surface area contributed by atoms with Gasteiger partial charge >= 0.3 is 0 Å². The van der Waals surface area contributed by atoms with Gasteiger partial charge in [0.15, 0.2) is 11.6 Å². The van der Waals surface area contributed by atoms with Crippen LogP contribution in [0.15, 0.2) is 40.9 Å². The lowest BCUT2D eigenvalue weighted by Gasteiger charge is -2.26. The predicted molar refractivity (Wildman–Crippen MR) is 125 cm³/mol. The number of halogens is 2. The van der Waals surface area contributed by atoms with E-state index in [1.165, 1.54) is 6.07 Å². The fourth-order valence-corrected chi connectivity index (χ4v) is 4.90. The molecule has 6 nitrogen and oxygen atoms in total. The third-order valence-electron chi connectivity index (χ3n) is 6.34. The van der Waals surface area contributed by atoms with Crippen LogP contribution in [-0.4, -0.2) is 20.6 Å². The van der Waals surface area contributed by atoms with E-state index in [2.05, 4.69) is 23.6 Å². The Labute approximate surface area is 196 Å². The molecule has 8 heteroatoms. The molecule has 1 fully saturated rings. The summed E-state index contributed by atoms with van der Waals surface area (Å²) in [5.41, 5.74) is 4.82. The quantitative estimate of drug-likeness (QED) is 0.357. The first-order valence-electron chi connectivity index (χ1n) is 11.4. The van der Waals surface area contributed by atoms with E-state index in [-0.39, 0.29) is 11.9 Å². The molecule has 176 valence electrons. The number of carbonyl (C=O) groups is 1. The van der Waals surface area contributed by atoms with Crippen molar-refractivity contribution >= 4 is 22.6 Å². The van der Waals surface area contributed by atoms with E-state index in [1.807, 2.05) is 32.0 Å². The maximum atomic E-state index is 14.0. The Hall–Kier alpha value is -3.55. The number of carbonyl (C=O) groups excluding carboxylic acids is 1. The molecule has 0 bridgehead atoms. The number of benzene rings is 2. The van der Waals surface area contributed by atoms with E-state index in [0.717, 1.165) is 51.6 Å². The molecule has 4 aromatic rings. The molecule has 1 aliphatic rings. The number of nitrogens with zero attached hydrogens (tertiary/aromatic N) is 4. The van der Waals surface area contributed by atoms with Crippen LogP contribution in [0.4, 0.5) is 14.5 Å². The molecule has 1 atom stereocenters. The third-order valence-corrected chi connectivity index (χ3v) is 6.34. The highest BCUT2D eigenvalue weighted by atomic mass is 19.2. The highest BCUT2D eigenvalue weighted by Crippen LogP contribution is 2.39. The minimum Gasteiger partial charge on any atom is -0.361 e. The van der Waals surface area contributed by atoms with Crippen LogP contribution in [0.25, 0.3) is 22.2 Å². The standard InChI is InChI=1S/C26H26F2N4O2/c1-14(2)13-31-22-8-5-17(25-15(3)30-34-16(25)4)11-21(22)29-26(31)23-9-10-24(33)32(23)18-6-7-19(27)20(28)12-18/h5-8,11-12,14,23H,9-10,13H2,1-4H3. The Balaban J connectivity index is 1.65. The van der Waals surface area contributed by atoms with Crippen LogP contribution in [0, 0.1) is 31.4 Å². The van der Waals surface area contributed by atoms with Gasteiger partial charge in [-0.2, -0.15) is 0 Å². The first-order chi connectivity index (χ1) is 16.2. The minimum atomic E-state index is -0.976. The molecule has 2 aromatic carbocycles. The molecule has 2 aromatic heterocycles. The van der Waals surface area contributed by atoms with Gasteiger partial charge in [0, 0.05) is 30.3 Å². The molecule has 3 heterocycles. The topological polar surface area (TPSA) is 64.2 Å². The molecule has 0 N–H and O–H groups in total. The van der Waals surface area contributed by atoms with E-state index in [0.29, 0.717) is 31.0 Å². The van der Waals surface area contributed by atoms with Crippen LogP contribution >= 0.6 is 0 Å². The molecule has 1 unspecified atom stereocenters. The van der Waals surface area contributed by atoms with E-state index in [9.17, 15) is 13.6 Å². The molecule has 0 spiro atoms. The van der Waals surface area contributed by atoms with Crippen molar-refractivity contribution in [2.24, 2.45) is 5.92 Å². The second kappa shape index (κ2) is 8.34. The number of anilines is 1. The van der Waals surface area contributed by atoms with Crippen molar-refractivity contribution in [3.63, 3.8) is 0 Å². The number of aryl methyl sites for hydroxylation is 2. The van der Waals surface area contributed by atoms with Gasteiger partial charge in [-0.15, -0.1) is 0 Å². The lowest BCUT2D eigenvalue weighted by atomic mass is 10.0. The van der Waals surface area contributed by atoms with Crippen LogP contribution in [0.2, 0.25) is 0 Å². The molecule has 0 saturated carbocycles. The monoisotopic (exact) mass is 464 g/mol. The Morgan fingerprint density at radius 2 is 1.91 bits per heavy atom. The first-order valence-corrected chi connectivity index (χ1v) is 11.4. The highest BCUT2D eigenvalue weighted by molar-refractivity contribution is 5.96. The SMILES string of the molecule is Cc1noc(C)c1-c1ccc2c(c1)nc(C1CCC(=O)N1c1ccc(F)c(F)c1)n2CC(C)C. The number of rotatable bonds is 5. The van der Waals surface area contributed by atoms with Gasteiger partial charge in [-0.05, 0) is 56.0 Å². The van der Waals surface area contributed by atoms with Crippen LogP contribution in [-0.2, 0) is 11.3 Å². The number of amides is 1. The van der Waals surface area contributed by atoms with Crippen molar-refractivity contribution in [2.45, 2.75) is 53.1 Å². The summed E-state index contributed by atoms with van der Waals surface area (Å²) in [5.74, 6) is -0.218. The predicted octanol–water partition coefficient (Wildman–Crippen LogP) is 6.11. The summed E-state index contributed by atoms with van der Waals surface area (Å²) < 4.78 is 35.0. The summed E-state index contributed by atoms with van der Waals surface area (Å²) in [7, 11) is 0. The smallest absolute Gasteiger partial charge is 0.227 e. The zero-order chi connectivity index (χ0) is 24.1. The zero-order valence-corrected chi connectivity index (χ0v) is 19.6. The largest absolute Gasteiger partial charge is 0.361 e. The van der Waals surface area contributed by atoms with Gasteiger partial charge in [0.05, 0.1) is 22.8 Å². The van der Waals surface area contributed by atoms with Gasteiger partial charge < -0.3 is 14.0 Å². The van der Waals surface area contributed by atoms with Crippen molar-refractivity contribution in [3.8, 4) is 11.1 Å². The highest BCUT2D eigenvalue weighted by Gasteiger charge is 2.37. The van der Waals surface area contributed by atoms with Crippen molar-refractivity contribution in [1.29, 1.82) is 0 Å². The molecule has 0 radical (unpaired) electrons. The second-order valence-corrected chi connectivity index (χ2v) is 9.29. The van der Waals surface area contributed by atoms with Crippen molar-refractivity contribution in [1.82, 2.24) is 14.7 Å². The maximum absolute atomic E-state index is 14.0. The molecular weight excluding hydrogens is 438 g/mol. The van der Waals surface area contributed by atoms with Crippen LogP contribution in [0.3, 0.4) is 0 Å². The number of hydrogen-bond acceptors (Lipinski definition) is 4. The fraction of sp³-hybridized carbons (Fsp3) is 0.346. The molecule has 1 aliphatic heterocycles. The molecule has 1 amide bonds. The van der Waals surface area contributed by atoms with Crippen LogP contribution in [0.5, 0.6) is 0 Å². The zero-order valence-electron chi connectivity index (χ0n) is 19.6. The van der Waals surface area contributed by atoms with E-state index >= 15 is 0 Å². The lowest BCUT2D eigenvalue weighted by Crippen LogP contribution is -2.29. The summed E-state index contributed by atoms with van der Waals surface area (Å²) >= 11 is 0. The Morgan fingerprint density at radius 3 is 2.59 bits per heavy atom. The van der Waals surface area contributed by atoms with Gasteiger partial charge in [0.2, 0.25) is 5.91 Å². The number of imidazole rings is 1. The van der Waals surface area contributed by atoms with Gasteiger partial charge in [0.25, 0.3) is 0 Å². The number of hydrogen-bond donors (Lipinski definition) is 0. The minimum absolute atomic E-state index is 0.129. The van der Waals surface area contributed by atoms with Gasteiger partial charge in [0.1, 0.15) is 11.6 Å². The number of aromatic nitrogens is 3. The molecule has 0 aliphatic carbocycles. The molecule has 34 heavy (non-hydrogen) atoms. The fourth-order valence-electron chi connectivity index (χ4n) is 4.90. The van der Waals surface area contributed by atoms with Crippen molar-refractivity contribution < 1.29 is 18.1 Å². The summed E-state index contributed by atoms with van der Waals surface area (Å²) in [6, 6.07) is 9.29. The van der Waals surface area contributed by atoms with Crippen LogP contribution in [0.1, 0.15) is 50.0 Å². The third kappa shape index (κ3) is 3.67. The summed E-state index contributed by atoms with van der Waals surface area (Å²) in [6.07, 6.45) is 0.870. The van der Waals surface area contributed by atoms with E-state index in [4.69, 9.17) is 9.51 Å². The molecule has 1 saturated heterocycles. The molecular formula is C26H26F2N4O2. The average molecular weight is 465 g/mol. The van der Waals surface area contributed by atoms with Crippen molar-refractivity contribution in [2.75, 3.05) is 4.90 Å². The Morgan fingerprint density at radius 1 is 1.12 bits per heavy atom. The van der Waals surface area contributed by atoms with Gasteiger partial charge in [-0.1, -0.05) is 25.1 Å². The number of fused-ring (bicyclic) bond motifs is 1. The first kappa shape index (κ1) is 22.3. The van der Waals surface area contributed by atoms with E-state index in [1.54, 1.807) is 4.90 Å². The van der Waals surface area contributed by atoms with Gasteiger partial charge in [-0.3, -0.25) is 4.79 Å². The molecule has 5 rings (SSSR count). The van der Waals surface area contributed by atoms with Crippen LogP contribution < -0.4 is 4.90 Å². The second-order valence-electron chi connectivity index (χ2n) is 9.29. The van der Waals surface area contributed by atoms with E-state index < -0.39 is 11.6 Å². The summed E-state index contributed by atoms with van der Waals surface area (Å²) in [4.78, 5) is 19.4. The maximum Gasteiger partial charge on any atom is 0.227 e. The lowest BCUT2D eigenvalue weighted by molar-refractivity contribution is -0.117. The Bertz CT molecular complexity index is 1390. The summed E-state index contributed by atoms with van der Waals surface area (Å²) in [6.45, 7) is 8.75. The summed E-state index contributed by atoms with van der Waals surface area (Å²) in [5, 5.41) is 4.06.